The van der Waals surface area contributed by atoms with Gasteiger partial charge in [0.2, 0.25) is 0 Å². The lowest BCUT2D eigenvalue weighted by Crippen LogP contribution is -2.60. The molecule has 1 aliphatic carbocycles. The molecule has 1 amide bonds. The highest BCUT2D eigenvalue weighted by atomic mass is 19.1. The molecular weight excluding hydrogens is 475 g/mol. The van der Waals surface area contributed by atoms with Crippen molar-refractivity contribution in [3.05, 3.63) is 71.0 Å². The van der Waals surface area contributed by atoms with Crippen molar-refractivity contribution in [2.45, 2.75) is 83.5 Å². The lowest BCUT2D eigenvalue weighted by atomic mass is 9.78. The topological polar surface area (TPSA) is 89.8 Å². The molecule has 1 saturated heterocycles. The van der Waals surface area contributed by atoms with Crippen molar-refractivity contribution in [3.8, 4) is 6.07 Å². The van der Waals surface area contributed by atoms with Crippen LogP contribution in [0.15, 0.2) is 48.5 Å². The Bertz CT molecular complexity index is 1130. The van der Waals surface area contributed by atoms with E-state index in [2.05, 4.69) is 11.4 Å². The fourth-order valence-electron chi connectivity index (χ4n) is 4.88. The van der Waals surface area contributed by atoms with E-state index in [1.807, 2.05) is 39.8 Å². The number of nitrogens with zero attached hydrogens (tertiary/aromatic N) is 1. The second kappa shape index (κ2) is 11.3. The third-order valence-corrected chi connectivity index (χ3v) is 6.74. The zero-order valence-electron chi connectivity index (χ0n) is 21.8. The number of ether oxygens (including phenoxy) is 4. The molecular formula is C29H35FN2O5. The first-order valence-corrected chi connectivity index (χ1v) is 12.7. The van der Waals surface area contributed by atoms with E-state index in [1.54, 1.807) is 30.3 Å². The van der Waals surface area contributed by atoms with Crippen LogP contribution in [0.1, 0.15) is 57.2 Å². The minimum Gasteiger partial charge on any atom is -0.371 e. The molecule has 4 rings (SSSR count). The lowest BCUT2D eigenvalue weighted by molar-refractivity contribution is -0.183. The largest absolute Gasteiger partial charge is 0.371 e. The van der Waals surface area contributed by atoms with Gasteiger partial charge in [-0.05, 0) is 43.5 Å². The summed E-state index contributed by atoms with van der Waals surface area (Å²) >= 11 is 0. The van der Waals surface area contributed by atoms with Crippen molar-refractivity contribution in [3.63, 3.8) is 0 Å². The Labute approximate surface area is 217 Å². The van der Waals surface area contributed by atoms with Crippen LogP contribution in [0, 0.1) is 23.1 Å². The van der Waals surface area contributed by atoms with Crippen LogP contribution in [0.2, 0.25) is 0 Å². The zero-order chi connectivity index (χ0) is 26.6. The van der Waals surface area contributed by atoms with E-state index in [1.165, 1.54) is 6.07 Å². The Hall–Kier alpha value is -2.83. The highest BCUT2D eigenvalue weighted by molar-refractivity contribution is 5.85. The maximum Gasteiger partial charge on any atom is 0.252 e. The minimum absolute atomic E-state index is 0.0637. The third-order valence-electron chi connectivity index (χ3n) is 6.74. The van der Waals surface area contributed by atoms with Gasteiger partial charge in [0, 0.05) is 24.9 Å². The molecule has 1 heterocycles. The van der Waals surface area contributed by atoms with Crippen LogP contribution in [0.4, 0.5) is 4.39 Å². The number of fused-ring (bicyclic) bond motifs is 1. The standard InChI is InChI=1S/C29H35FN2O5/c1-19(2)16-32-27(33)29(35-18-22-7-5-6-8-23(22)30)13-24(26-25(14-29)36-28(3,4)37-26)34-17-21-11-9-20(15-31)10-12-21/h5-12,19,24-26H,13-14,16-18H2,1-4H3,(H,32,33)/t24-,25-,26+,29-/m1/s1. The number of halogens is 1. The Kier molecular flexibility index (Phi) is 8.29. The van der Waals surface area contributed by atoms with Gasteiger partial charge in [0.05, 0.1) is 37.1 Å². The predicted octanol–water partition coefficient (Wildman–Crippen LogP) is 4.62. The van der Waals surface area contributed by atoms with Crippen molar-refractivity contribution in [2.75, 3.05) is 6.54 Å². The van der Waals surface area contributed by atoms with E-state index >= 15 is 0 Å². The summed E-state index contributed by atoms with van der Waals surface area (Å²) in [6.45, 7) is 8.39. The van der Waals surface area contributed by atoms with Gasteiger partial charge in [-0.3, -0.25) is 4.79 Å². The molecule has 2 aromatic rings. The number of amides is 1. The number of hydrogen-bond donors (Lipinski definition) is 1. The number of carbonyl (C=O) groups excluding carboxylic acids is 1. The summed E-state index contributed by atoms with van der Waals surface area (Å²) < 4.78 is 39.5. The maximum atomic E-state index is 14.4. The molecule has 198 valence electrons. The fraction of sp³-hybridized carbons (Fsp3) is 0.517. The molecule has 0 bridgehead atoms. The summed E-state index contributed by atoms with van der Waals surface area (Å²) in [5, 5.41) is 12.1. The Balaban J connectivity index is 1.60. The van der Waals surface area contributed by atoms with Crippen molar-refractivity contribution in [1.82, 2.24) is 5.32 Å². The number of nitrogens with one attached hydrogen (secondary N) is 1. The quantitative estimate of drug-likeness (QED) is 0.529. The normalized spacial score (nSPS) is 26.5. The van der Waals surface area contributed by atoms with Crippen molar-refractivity contribution < 1.29 is 28.1 Å². The Morgan fingerprint density at radius 2 is 1.86 bits per heavy atom. The lowest BCUT2D eigenvalue weighted by Gasteiger charge is -2.43. The number of nitriles is 1. The molecule has 4 atom stereocenters. The first kappa shape index (κ1) is 27.2. The van der Waals surface area contributed by atoms with Crippen molar-refractivity contribution in [1.29, 1.82) is 5.26 Å². The molecule has 0 aromatic heterocycles. The molecule has 7 nitrogen and oxygen atoms in total. The Morgan fingerprint density at radius 1 is 1.14 bits per heavy atom. The van der Waals surface area contributed by atoms with E-state index in [-0.39, 0.29) is 43.7 Å². The molecule has 1 N–H and O–H groups in total. The number of rotatable bonds is 9. The van der Waals surface area contributed by atoms with Crippen molar-refractivity contribution in [2.24, 2.45) is 5.92 Å². The number of hydrogen-bond acceptors (Lipinski definition) is 6. The summed E-state index contributed by atoms with van der Waals surface area (Å²) in [7, 11) is 0. The predicted molar refractivity (Wildman–Crippen MR) is 135 cm³/mol. The van der Waals surface area contributed by atoms with Gasteiger partial charge in [0.15, 0.2) is 11.4 Å². The van der Waals surface area contributed by atoms with Gasteiger partial charge >= 0.3 is 0 Å². The SMILES string of the molecule is CC(C)CNC(=O)[C@@]1(OCc2ccccc2F)C[C@@H](OCc2ccc(C#N)cc2)[C@@H]2OC(C)(C)O[C@@H]2C1. The average Bonchev–Trinajstić information content (AvgIpc) is 3.19. The smallest absolute Gasteiger partial charge is 0.252 e. The van der Waals surface area contributed by atoms with Crippen LogP contribution >= 0.6 is 0 Å². The number of carbonyl (C=O) groups is 1. The average molecular weight is 511 g/mol. The van der Waals surface area contributed by atoms with Gasteiger partial charge in [0.25, 0.3) is 5.91 Å². The molecule has 0 unspecified atom stereocenters. The molecule has 37 heavy (non-hydrogen) atoms. The summed E-state index contributed by atoms with van der Waals surface area (Å²) in [6.07, 6.45) is -0.864. The summed E-state index contributed by atoms with van der Waals surface area (Å²) in [6, 6.07) is 15.6. The molecule has 2 aliphatic rings. The fourth-order valence-corrected chi connectivity index (χ4v) is 4.88. The summed E-state index contributed by atoms with van der Waals surface area (Å²) in [5.74, 6) is -1.25. The van der Waals surface area contributed by atoms with Crippen LogP contribution < -0.4 is 5.32 Å². The van der Waals surface area contributed by atoms with E-state index < -0.39 is 29.7 Å². The molecule has 8 heteroatoms. The Morgan fingerprint density at radius 3 is 2.54 bits per heavy atom. The first-order valence-electron chi connectivity index (χ1n) is 12.7. The first-order chi connectivity index (χ1) is 17.6. The monoisotopic (exact) mass is 510 g/mol. The van der Waals surface area contributed by atoms with E-state index in [0.717, 1.165) is 5.56 Å². The van der Waals surface area contributed by atoms with E-state index in [9.17, 15) is 9.18 Å². The van der Waals surface area contributed by atoms with Crippen LogP contribution in [0.5, 0.6) is 0 Å². The van der Waals surface area contributed by atoms with Gasteiger partial charge in [-0.25, -0.2) is 4.39 Å². The van der Waals surface area contributed by atoms with Crippen LogP contribution in [0.3, 0.4) is 0 Å². The number of benzene rings is 2. The second-order valence-corrected chi connectivity index (χ2v) is 10.7. The van der Waals surface area contributed by atoms with Gasteiger partial charge in [-0.1, -0.05) is 44.2 Å². The van der Waals surface area contributed by atoms with Crippen LogP contribution in [-0.4, -0.2) is 42.2 Å². The molecule has 1 saturated carbocycles. The van der Waals surface area contributed by atoms with Gasteiger partial charge in [0.1, 0.15) is 11.9 Å². The minimum atomic E-state index is -1.29. The molecule has 2 fully saturated rings. The highest BCUT2D eigenvalue weighted by Gasteiger charge is 2.58. The molecule has 0 spiro atoms. The molecule has 2 aromatic carbocycles. The highest BCUT2D eigenvalue weighted by Crippen LogP contribution is 2.44. The van der Waals surface area contributed by atoms with Crippen LogP contribution in [0.25, 0.3) is 0 Å². The van der Waals surface area contributed by atoms with E-state index in [0.29, 0.717) is 17.7 Å². The maximum absolute atomic E-state index is 14.4. The third kappa shape index (κ3) is 6.55. The van der Waals surface area contributed by atoms with Gasteiger partial charge in [-0.15, -0.1) is 0 Å². The van der Waals surface area contributed by atoms with Gasteiger partial charge < -0.3 is 24.3 Å². The van der Waals surface area contributed by atoms with Crippen molar-refractivity contribution >= 4 is 5.91 Å². The van der Waals surface area contributed by atoms with Crippen LogP contribution in [-0.2, 0) is 37.0 Å². The molecule has 1 aliphatic heterocycles. The summed E-state index contributed by atoms with van der Waals surface area (Å²) in [5.41, 5.74) is 0.538. The van der Waals surface area contributed by atoms with Gasteiger partial charge in [-0.2, -0.15) is 5.26 Å². The second-order valence-electron chi connectivity index (χ2n) is 10.7. The molecule has 0 radical (unpaired) electrons. The van der Waals surface area contributed by atoms with E-state index in [4.69, 9.17) is 24.2 Å². The summed E-state index contributed by atoms with van der Waals surface area (Å²) in [4.78, 5) is 13.7. The zero-order valence-corrected chi connectivity index (χ0v) is 21.8.